The number of carbonyl (C=O) groups is 1. The van der Waals surface area contributed by atoms with Gasteiger partial charge in [-0.05, 0) is 24.8 Å². The number of hydrogen-bond acceptors (Lipinski definition) is 6. The first-order valence-corrected chi connectivity index (χ1v) is 10.2. The summed E-state index contributed by atoms with van der Waals surface area (Å²) in [5, 5.41) is 4.59. The van der Waals surface area contributed by atoms with Crippen LogP contribution in [0.15, 0.2) is 30.7 Å². The topological polar surface area (TPSA) is 69.5 Å². The Balaban J connectivity index is 1.92. The molecule has 0 fully saturated rings. The Morgan fingerprint density at radius 3 is 2.78 bits per heavy atom. The maximum atomic E-state index is 12.6. The Morgan fingerprint density at radius 2 is 2.15 bits per heavy atom. The van der Waals surface area contributed by atoms with Crippen molar-refractivity contribution in [3.8, 4) is 5.69 Å². The number of amides is 1. The molecular weight excluding hydrogens is 388 g/mol. The fourth-order valence-electron chi connectivity index (χ4n) is 2.54. The Kier molecular flexibility index (Phi) is 9.06. The number of methoxy groups -OCH3 is 2. The highest BCUT2D eigenvalue weighted by Crippen LogP contribution is 2.26. The second kappa shape index (κ2) is 11.3. The van der Waals surface area contributed by atoms with Crippen molar-refractivity contribution in [1.29, 1.82) is 0 Å². The van der Waals surface area contributed by atoms with Gasteiger partial charge in [0.2, 0.25) is 5.91 Å². The number of pyridine rings is 1. The smallest absolute Gasteiger partial charge is 0.227 e. The lowest BCUT2D eigenvalue weighted by Gasteiger charge is -2.19. The lowest BCUT2D eigenvalue weighted by atomic mass is 10.3. The van der Waals surface area contributed by atoms with Gasteiger partial charge in [0.05, 0.1) is 18.1 Å². The van der Waals surface area contributed by atoms with Crippen LogP contribution in [0.1, 0.15) is 19.8 Å². The Morgan fingerprint density at radius 1 is 1.37 bits per heavy atom. The molecule has 0 aliphatic heterocycles. The molecule has 0 saturated heterocycles. The third-order valence-electron chi connectivity index (χ3n) is 3.95. The van der Waals surface area contributed by atoms with Crippen LogP contribution >= 0.6 is 23.4 Å². The van der Waals surface area contributed by atoms with Crippen molar-refractivity contribution in [3.63, 3.8) is 0 Å². The van der Waals surface area contributed by atoms with E-state index in [9.17, 15) is 4.79 Å². The summed E-state index contributed by atoms with van der Waals surface area (Å²) in [6.07, 6.45) is 6.16. The van der Waals surface area contributed by atoms with E-state index in [0.29, 0.717) is 23.8 Å². The van der Waals surface area contributed by atoms with Crippen molar-refractivity contribution < 1.29 is 14.3 Å². The quantitative estimate of drug-likeness (QED) is 0.416. The molecule has 2 aromatic rings. The van der Waals surface area contributed by atoms with Crippen molar-refractivity contribution in [2.45, 2.75) is 26.1 Å². The van der Waals surface area contributed by atoms with E-state index in [1.54, 1.807) is 54.2 Å². The number of ether oxygens (including phenoxy) is 2. The van der Waals surface area contributed by atoms with Crippen LogP contribution in [-0.4, -0.2) is 59.2 Å². The zero-order valence-electron chi connectivity index (χ0n) is 15.8. The molecule has 0 atom stereocenters. The summed E-state index contributed by atoms with van der Waals surface area (Å²) in [6, 6.07) is 3.70. The van der Waals surface area contributed by atoms with Crippen molar-refractivity contribution >= 4 is 35.0 Å². The average Bonchev–Trinajstić information content (AvgIpc) is 3.07. The summed E-state index contributed by atoms with van der Waals surface area (Å²) in [5.41, 5.74) is 1.40. The van der Waals surface area contributed by atoms with E-state index in [1.165, 1.54) is 0 Å². The molecule has 0 aliphatic carbocycles. The van der Waals surface area contributed by atoms with Gasteiger partial charge in [-0.25, -0.2) is 4.68 Å². The second-order valence-corrected chi connectivity index (χ2v) is 7.23. The monoisotopic (exact) mass is 412 g/mol. The summed E-state index contributed by atoms with van der Waals surface area (Å²) < 4.78 is 11.9. The molecule has 0 radical (unpaired) electrons. The molecular formula is C18H25ClN4O3S. The van der Waals surface area contributed by atoms with Gasteiger partial charge >= 0.3 is 0 Å². The van der Waals surface area contributed by atoms with Gasteiger partial charge in [0.25, 0.3) is 0 Å². The van der Waals surface area contributed by atoms with E-state index in [2.05, 4.69) is 10.1 Å². The minimum atomic E-state index is -0.197. The van der Waals surface area contributed by atoms with Crippen LogP contribution in [0.2, 0.25) is 5.15 Å². The predicted octanol–water partition coefficient (Wildman–Crippen LogP) is 3.41. The third kappa shape index (κ3) is 6.21. The number of anilines is 1. The standard InChI is InChI=1S/C18H25ClN4O3S/c1-4-22(16(24)7-10-27-11-8-17(25-2)26-3)15-13-23(21-18(15)19)14-6-5-9-20-12-14/h5-6,9,12-13,17H,4,7-8,10-11H2,1-3H3. The zero-order valence-corrected chi connectivity index (χ0v) is 17.4. The molecule has 0 spiro atoms. The molecule has 2 heterocycles. The average molecular weight is 413 g/mol. The normalized spacial score (nSPS) is 11.1. The molecule has 2 rings (SSSR count). The molecule has 0 N–H and O–H groups in total. The Labute approximate surface area is 169 Å². The van der Waals surface area contributed by atoms with Gasteiger partial charge in [-0.15, -0.1) is 0 Å². The van der Waals surface area contributed by atoms with Crippen molar-refractivity contribution in [2.75, 3.05) is 37.2 Å². The highest BCUT2D eigenvalue weighted by molar-refractivity contribution is 7.99. The number of aromatic nitrogens is 3. The van der Waals surface area contributed by atoms with Gasteiger partial charge in [-0.2, -0.15) is 16.9 Å². The van der Waals surface area contributed by atoms with E-state index < -0.39 is 0 Å². The predicted molar refractivity (Wildman–Crippen MR) is 109 cm³/mol. The molecule has 0 bridgehead atoms. The maximum Gasteiger partial charge on any atom is 0.227 e. The van der Waals surface area contributed by atoms with E-state index >= 15 is 0 Å². The molecule has 0 aliphatic rings. The number of hydrogen-bond donors (Lipinski definition) is 0. The lowest BCUT2D eigenvalue weighted by molar-refractivity contribution is -0.118. The number of rotatable bonds is 11. The van der Waals surface area contributed by atoms with Crippen molar-refractivity contribution in [2.24, 2.45) is 0 Å². The Hall–Kier alpha value is -1.61. The minimum Gasteiger partial charge on any atom is -0.356 e. The highest BCUT2D eigenvalue weighted by Gasteiger charge is 2.20. The van der Waals surface area contributed by atoms with Crippen LogP contribution in [0.25, 0.3) is 5.69 Å². The number of nitrogens with zero attached hydrogens (tertiary/aromatic N) is 4. The Bertz CT molecular complexity index is 710. The van der Waals surface area contributed by atoms with Gasteiger partial charge in [0.1, 0.15) is 5.69 Å². The number of halogens is 1. The molecule has 0 aromatic carbocycles. The molecule has 1 amide bonds. The number of carbonyl (C=O) groups excluding carboxylic acids is 1. The summed E-state index contributed by atoms with van der Waals surface area (Å²) in [6.45, 7) is 2.45. The van der Waals surface area contributed by atoms with Crippen LogP contribution < -0.4 is 4.90 Å². The summed E-state index contributed by atoms with van der Waals surface area (Å²) >= 11 is 7.98. The first-order valence-electron chi connectivity index (χ1n) is 8.70. The van der Waals surface area contributed by atoms with Crippen molar-refractivity contribution in [1.82, 2.24) is 14.8 Å². The van der Waals surface area contributed by atoms with Crippen LogP contribution in [-0.2, 0) is 14.3 Å². The van der Waals surface area contributed by atoms with Crippen LogP contribution in [0, 0.1) is 0 Å². The van der Waals surface area contributed by atoms with Crippen LogP contribution in [0.5, 0.6) is 0 Å². The van der Waals surface area contributed by atoms with Crippen LogP contribution in [0.3, 0.4) is 0 Å². The van der Waals surface area contributed by atoms with Gasteiger partial charge in [0, 0.05) is 45.6 Å². The molecule has 0 unspecified atom stereocenters. The summed E-state index contributed by atoms with van der Waals surface area (Å²) in [7, 11) is 3.24. The fraction of sp³-hybridized carbons (Fsp3) is 0.500. The molecule has 9 heteroatoms. The van der Waals surface area contributed by atoms with Gasteiger partial charge in [-0.3, -0.25) is 9.78 Å². The molecule has 148 valence electrons. The van der Waals surface area contributed by atoms with Gasteiger partial charge < -0.3 is 14.4 Å². The molecule has 27 heavy (non-hydrogen) atoms. The zero-order chi connectivity index (χ0) is 19.6. The highest BCUT2D eigenvalue weighted by atomic mass is 35.5. The first kappa shape index (κ1) is 21.7. The second-order valence-electron chi connectivity index (χ2n) is 5.65. The van der Waals surface area contributed by atoms with E-state index in [4.69, 9.17) is 21.1 Å². The third-order valence-corrected chi connectivity index (χ3v) is 5.24. The summed E-state index contributed by atoms with van der Waals surface area (Å²) in [4.78, 5) is 18.4. The lowest BCUT2D eigenvalue weighted by Crippen LogP contribution is -2.30. The first-order chi connectivity index (χ1) is 13.1. The number of thioether (sulfide) groups is 1. The van der Waals surface area contributed by atoms with Crippen molar-refractivity contribution in [3.05, 3.63) is 35.9 Å². The minimum absolute atomic E-state index is 0.0210. The fourth-order valence-corrected chi connectivity index (χ4v) is 3.65. The van der Waals surface area contributed by atoms with E-state index in [1.807, 2.05) is 19.1 Å². The maximum absolute atomic E-state index is 12.6. The van der Waals surface area contributed by atoms with E-state index in [0.717, 1.165) is 23.6 Å². The SMILES string of the molecule is CCN(C(=O)CCSCCC(OC)OC)c1cn(-c2cccnc2)nc1Cl. The van der Waals surface area contributed by atoms with Gasteiger partial charge in [0.15, 0.2) is 11.4 Å². The van der Waals surface area contributed by atoms with Gasteiger partial charge in [-0.1, -0.05) is 11.6 Å². The van der Waals surface area contributed by atoms with E-state index in [-0.39, 0.29) is 12.2 Å². The molecule has 0 saturated carbocycles. The summed E-state index contributed by atoms with van der Waals surface area (Å²) in [5.74, 6) is 1.61. The molecule has 7 nitrogen and oxygen atoms in total. The largest absolute Gasteiger partial charge is 0.356 e. The van der Waals surface area contributed by atoms with Crippen LogP contribution in [0.4, 0.5) is 5.69 Å². The molecule has 2 aromatic heterocycles.